The summed E-state index contributed by atoms with van der Waals surface area (Å²) < 4.78 is 37.7. The van der Waals surface area contributed by atoms with Crippen LogP contribution in [0.2, 0.25) is 0 Å². The predicted molar refractivity (Wildman–Crippen MR) is 61.6 cm³/mol. The van der Waals surface area contributed by atoms with Crippen LogP contribution in [0.25, 0.3) is 0 Å². The van der Waals surface area contributed by atoms with Gasteiger partial charge in [0.15, 0.2) is 5.78 Å². The van der Waals surface area contributed by atoms with E-state index in [-0.39, 0.29) is 23.4 Å². The van der Waals surface area contributed by atoms with Crippen LogP contribution in [0.4, 0.5) is 13.2 Å². The zero-order valence-corrected chi connectivity index (χ0v) is 10.9. The maximum absolute atomic E-state index is 12.2. The van der Waals surface area contributed by atoms with Crippen LogP contribution >= 0.6 is 0 Å². The van der Waals surface area contributed by atoms with Gasteiger partial charge in [0.2, 0.25) is 0 Å². The maximum Gasteiger partial charge on any atom is 0.390 e. The fourth-order valence-electron chi connectivity index (χ4n) is 1.47. The third-order valence-corrected chi connectivity index (χ3v) is 2.52. The smallest absolute Gasteiger partial charge is 0.293 e. The Morgan fingerprint density at radius 2 is 1.89 bits per heavy atom. The average molecular weight is 262 g/mol. The normalized spacial score (nSPS) is 12.8. The van der Waals surface area contributed by atoms with E-state index in [0.717, 1.165) is 4.68 Å². The summed E-state index contributed by atoms with van der Waals surface area (Å²) >= 11 is 0. The second-order valence-corrected chi connectivity index (χ2v) is 5.31. The first kappa shape index (κ1) is 14.7. The van der Waals surface area contributed by atoms with Crippen molar-refractivity contribution in [1.29, 1.82) is 0 Å². The highest BCUT2D eigenvalue weighted by molar-refractivity contribution is 5.92. The van der Waals surface area contributed by atoms with Gasteiger partial charge in [-0.3, -0.25) is 9.48 Å². The molecule has 0 aliphatic rings. The number of halogens is 3. The van der Waals surface area contributed by atoms with Crippen molar-refractivity contribution in [3.8, 4) is 0 Å². The van der Waals surface area contributed by atoms with Gasteiger partial charge in [-0.2, -0.15) is 18.3 Å². The molecule has 6 heteroatoms. The van der Waals surface area contributed by atoms with E-state index in [0.29, 0.717) is 5.69 Å². The van der Waals surface area contributed by atoms with E-state index in [9.17, 15) is 18.0 Å². The molecule has 0 saturated carbocycles. The Bertz CT molecular complexity index is 441. The summed E-state index contributed by atoms with van der Waals surface area (Å²) in [5, 5.41) is 4.10. The fourth-order valence-corrected chi connectivity index (χ4v) is 1.47. The molecule has 1 heterocycles. The summed E-state index contributed by atoms with van der Waals surface area (Å²) in [4.78, 5) is 11.4. The molecule has 0 spiro atoms. The van der Waals surface area contributed by atoms with E-state index in [1.54, 1.807) is 6.07 Å². The Morgan fingerprint density at radius 3 is 2.28 bits per heavy atom. The zero-order valence-electron chi connectivity index (χ0n) is 10.9. The van der Waals surface area contributed by atoms with E-state index in [2.05, 4.69) is 5.10 Å². The molecule has 0 bridgehead atoms. The van der Waals surface area contributed by atoms with Gasteiger partial charge >= 0.3 is 6.18 Å². The number of rotatable bonds is 3. The number of carbonyl (C=O) groups excluding carboxylic acids is 1. The molecule has 0 N–H and O–H groups in total. The minimum atomic E-state index is -4.25. The molecule has 0 aliphatic carbocycles. The molecule has 3 nitrogen and oxygen atoms in total. The van der Waals surface area contributed by atoms with Gasteiger partial charge < -0.3 is 0 Å². The average Bonchev–Trinajstić information content (AvgIpc) is 2.56. The summed E-state index contributed by atoms with van der Waals surface area (Å²) in [5.74, 6) is -0.278. The number of hydrogen-bond donors (Lipinski definition) is 0. The summed E-state index contributed by atoms with van der Waals surface area (Å²) in [7, 11) is 0. The van der Waals surface area contributed by atoms with Crippen molar-refractivity contribution in [2.45, 2.75) is 52.3 Å². The fraction of sp³-hybridized carbons (Fsp3) is 0.667. The Balaban J connectivity index is 3.03. The molecule has 1 rings (SSSR count). The minimum absolute atomic E-state index is 0.226. The molecular formula is C12H17F3N2O. The van der Waals surface area contributed by atoms with Crippen molar-refractivity contribution < 1.29 is 18.0 Å². The molecule has 0 aromatic carbocycles. The van der Waals surface area contributed by atoms with Crippen molar-refractivity contribution in [3.05, 3.63) is 17.5 Å². The summed E-state index contributed by atoms with van der Waals surface area (Å²) in [6, 6.07) is 1.57. The van der Waals surface area contributed by atoms with Gasteiger partial charge in [0, 0.05) is 12.3 Å². The summed E-state index contributed by atoms with van der Waals surface area (Å²) in [6.45, 7) is 6.69. The molecule has 102 valence electrons. The standard InChI is InChI=1S/C12H17F3N2O/c1-8(18)9-7-10(11(2,3)4)16-17(9)6-5-12(13,14)15/h7H,5-6H2,1-4H3. The number of aryl methyl sites for hydroxylation is 1. The quantitative estimate of drug-likeness (QED) is 0.783. The SMILES string of the molecule is CC(=O)c1cc(C(C)(C)C)nn1CCC(F)(F)F. The molecule has 0 atom stereocenters. The second kappa shape index (κ2) is 4.74. The van der Waals surface area contributed by atoms with Crippen LogP contribution in [0.5, 0.6) is 0 Å². The monoisotopic (exact) mass is 262 g/mol. The molecule has 1 aromatic rings. The number of Topliss-reactive ketones (excluding diaryl/α,β-unsaturated/α-hetero) is 1. The van der Waals surface area contributed by atoms with Crippen LogP contribution in [-0.4, -0.2) is 21.7 Å². The van der Waals surface area contributed by atoms with E-state index in [1.807, 2.05) is 20.8 Å². The van der Waals surface area contributed by atoms with Crippen molar-refractivity contribution in [2.75, 3.05) is 0 Å². The molecule has 0 aliphatic heterocycles. The van der Waals surface area contributed by atoms with Gasteiger partial charge in [-0.25, -0.2) is 0 Å². The van der Waals surface area contributed by atoms with Crippen molar-refractivity contribution in [2.24, 2.45) is 0 Å². The third-order valence-electron chi connectivity index (χ3n) is 2.52. The van der Waals surface area contributed by atoms with Crippen LogP contribution in [-0.2, 0) is 12.0 Å². The van der Waals surface area contributed by atoms with Gasteiger partial charge in [0.1, 0.15) is 5.69 Å². The Morgan fingerprint density at radius 1 is 1.33 bits per heavy atom. The number of nitrogens with zero attached hydrogens (tertiary/aromatic N) is 2. The van der Waals surface area contributed by atoms with E-state index in [4.69, 9.17) is 0 Å². The molecule has 0 fully saturated rings. The number of hydrogen-bond acceptors (Lipinski definition) is 2. The first-order valence-corrected chi connectivity index (χ1v) is 5.67. The van der Waals surface area contributed by atoms with Gasteiger partial charge in [-0.05, 0) is 6.07 Å². The molecule has 0 saturated heterocycles. The highest BCUT2D eigenvalue weighted by atomic mass is 19.4. The number of aromatic nitrogens is 2. The van der Waals surface area contributed by atoms with Gasteiger partial charge in [-0.15, -0.1) is 0 Å². The van der Waals surface area contributed by atoms with Gasteiger partial charge in [-0.1, -0.05) is 20.8 Å². The first-order chi connectivity index (χ1) is 8.00. The van der Waals surface area contributed by atoms with Crippen LogP contribution in [0.3, 0.4) is 0 Å². The van der Waals surface area contributed by atoms with Crippen LogP contribution in [0.1, 0.15) is 50.3 Å². The zero-order chi connectivity index (χ0) is 14.1. The highest BCUT2D eigenvalue weighted by Gasteiger charge is 2.28. The highest BCUT2D eigenvalue weighted by Crippen LogP contribution is 2.24. The lowest BCUT2D eigenvalue weighted by Gasteiger charge is -2.14. The van der Waals surface area contributed by atoms with Crippen LogP contribution in [0.15, 0.2) is 6.07 Å². The maximum atomic E-state index is 12.2. The first-order valence-electron chi connectivity index (χ1n) is 5.67. The van der Waals surface area contributed by atoms with Crippen molar-refractivity contribution in [1.82, 2.24) is 9.78 Å². The summed E-state index contributed by atoms with van der Waals surface area (Å²) in [6.07, 6.45) is -5.24. The van der Waals surface area contributed by atoms with Crippen molar-refractivity contribution in [3.63, 3.8) is 0 Å². The van der Waals surface area contributed by atoms with Crippen LogP contribution in [0, 0.1) is 0 Å². The molecule has 18 heavy (non-hydrogen) atoms. The summed E-state index contributed by atoms with van der Waals surface area (Å²) in [5.41, 5.74) is 0.548. The van der Waals surface area contributed by atoms with Crippen LogP contribution < -0.4 is 0 Å². The number of carbonyl (C=O) groups is 1. The number of alkyl halides is 3. The lowest BCUT2D eigenvalue weighted by Crippen LogP contribution is -2.17. The van der Waals surface area contributed by atoms with E-state index < -0.39 is 12.6 Å². The molecule has 1 aromatic heterocycles. The van der Waals surface area contributed by atoms with E-state index >= 15 is 0 Å². The number of ketones is 1. The minimum Gasteiger partial charge on any atom is -0.293 e. The lowest BCUT2D eigenvalue weighted by molar-refractivity contribution is -0.137. The largest absolute Gasteiger partial charge is 0.390 e. The van der Waals surface area contributed by atoms with Crippen molar-refractivity contribution >= 4 is 5.78 Å². The second-order valence-electron chi connectivity index (χ2n) is 5.31. The van der Waals surface area contributed by atoms with Gasteiger partial charge in [0.05, 0.1) is 18.7 Å². The predicted octanol–water partition coefficient (Wildman–Crippen LogP) is 3.34. The van der Waals surface area contributed by atoms with E-state index in [1.165, 1.54) is 6.92 Å². The molecule has 0 unspecified atom stereocenters. The van der Waals surface area contributed by atoms with Gasteiger partial charge in [0.25, 0.3) is 0 Å². The molecule has 0 radical (unpaired) electrons. The Kier molecular flexibility index (Phi) is 3.88. The molecular weight excluding hydrogens is 245 g/mol. The molecule has 0 amide bonds. The topological polar surface area (TPSA) is 34.9 Å². The lowest BCUT2D eigenvalue weighted by atomic mass is 9.92. The Hall–Kier alpha value is -1.33. The Labute approximate surface area is 104 Å². The third kappa shape index (κ3) is 3.85.